The normalized spacial score (nSPS) is 18.6. The number of aryl methyl sites for hydroxylation is 1. The summed E-state index contributed by atoms with van der Waals surface area (Å²) in [4.78, 5) is 16.9. The molecule has 178 valence electrons. The fraction of sp³-hybridized carbons (Fsp3) is 0.286. The highest BCUT2D eigenvalue weighted by atomic mass is 35.5. The third-order valence-electron chi connectivity index (χ3n) is 4.84. The zero-order valence-corrected chi connectivity index (χ0v) is 18.3. The maximum atomic E-state index is 14.1. The van der Waals surface area contributed by atoms with Crippen molar-refractivity contribution in [1.82, 2.24) is 5.48 Å². The summed E-state index contributed by atoms with van der Waals surface area (Å²) in [5.41, 5.74) is -0.239. The minimum Gasteiger partial charge on any atom is -0.326 e. The Hall–Kier alpha value is -2.43. The number of hydroxylamine groups is 1. The fourth-order valence-corrected chi connectivity index (χ4v) is 3.67. The van der Waals surface area contributed by atoms with Crippen molar-refractivity contribution in [3.63, 3.8) is 0 Å². The van der Waals surface area contributed by atoms with Gasteiger partial charge in [-0.1, -0.05) is 35.3 Å². The second kappa shape index (κ2) is 9.08. The third-order valence-corrected chi connectivity index (χ3v) is 5.28. The summed E-state index contributed by atoms with van der Waals surface area (Å²) in [6, 6.07) is 7.73. The number of hydrogen-bond acceptors (Lipinski definition) is 3. The van der Waals surface area contributed by atoms with Crippen LogP contribution >= 0.6 is 23.2 Å². The Labute approximate surface area is 194 Å². The van der Waals surface area contributed by atoms with Crippen LogP contribution in [0.3, 0.4) is 0 Å². The van der Waals surface area contributed by atoms with Crippen LogP contribution in [0.2, 0.25) is 10.0 Å². The molecule has 2 aromatic carbocycles. The number of carbonyl (C=O) groups is 1. The highest BCUT2D eigenvalue weighted by Gasteiger charge is 2.59. The number of hydrogen-bond donors (Lipinski definition) is 2. The summed E-state index contributed by atoms with van der Waals surface area (Å²) in [6.45, 7) is 1.59. The minimum absolute atomic E-state index is 0.0224. The van der Waals surface area contributed by atoms with Gasteiger partial charge < -0.3 is 5.32 Å². The molecule has 1 aliphatic heterocycles. The summed E-state index contributed by atoms with van der Waals surface area (Å²) in [6.07, 6.45) is -10.7. The van der Waals surface area contributed by atoms with Gasteiger partial charge in [0.05, 0.1) is 12.1 Å². The van der Waals surface area contributed by atoms with E-state index in [9.17, 15) is 31.1 Å². The molecule has 2 aromatic rings. The van der Waals surface area contributed by atoms with Crippen LogP contribution < -0.4 is 10.8 Å². The van der Waals surface area contributed by atoms with Crippen LogP contribution in [0, 0.1) is 6.92 Å². The zero-order chi connectivity index (χ0) is 24.6. The van der Waals surface area contributed by atoms with Crippen molar-refractivity contribution in [2.24, 2.45) is 0 Å². The van der Waals surface area contributed by atoms with Gasteiger partial charge >= 0.3 is 12.4 Å². The van der Waals surface area contributed by atoms with E-state index in [-0.39, 0.29) is 32.6 Å². The summed E-state index contributed by atoms with van der Waals surface area (Å²) < 4.78 is 79.3. The summed E-state index contributed by atoms with van der Waals surface area (Å²) in [7, 11) is 0. The molecule has 0 saturated carbocycles. The van der Waals surface area contributed by atoms with Gasteiger partial charge in [-0.05, 0) is 42.8 Å². The molecule has 0 bridgehead atoms. The van der Waals surface area contributed by atoms with Gasteiger partial charge in [0.15, 0.2) is 0 Å². The molecule has 0 aliphatic carbocycles. The number of nitrogens with one attached hydrogen (secondary N) is 2. The summed E-state index contributed by atoms with van der Waals surface area (Å²) in [5, 5.41) is 2.31. The Balaban J connectivity index is 1.95. The van der Waals surface area contributed by atoms with Crippen molar-refractivity contribution in [2.75, 3.05) is 5.32 Å². The lowest BCUT2D eigenvalue weighted by Crippen LogP contribution is -2.42. The highest BCUT2D eigenvalue weighted by Crippen LogP contribution is 2.48. The highest BCUT2D eigenvalue weighted by molar-refractivity contribution is 6.34. The molecule has 4 nitrogen and oxygen atoms in total. The molecule has 1 aliphatic rings. The second-order valence-electron chi connectivity index (χ2n) is 7.35. The van der Waals surface area contributed by atoms with Gasteiger partial charge in [-0.2, -0.15) is 26.3 Å². The van der Waals surface area contributed by atoms with Crippen LogP contribution in [0.1, 0.15) is 29.5 Å². The van der Waals surface area contributed by atoms with Crippen molar-refractivity contribution in [3.8, 4) is 0 Å². The standard InChI is InChI=1S/C21H16Cl2F6N2O2/c1-11-2-3-12(6-16(11)30-18(32)4-5-20(24,25)26)17-10-19(33-31-17,21(27,28)29)13-7-14(22)9-15(23)8-13/h2-3,6-10,31H,4-5H2,1H3,(H,30,32). The molecule has 0 radical (unpaired) electrons. The van der Waals surface area contributed by atoms with E-state index in [1.54, 1.807) is 6.92 Å². The van der Waals surface area contributed by atoms with Crippen LogP contribution in [-0.2, 0) is 15.2 Å². The molecule has 2 N–H and O–H groups in total. The van der Waals surface area contributed by atoms with E-state index in [1.165, 1.54) is 24.3 Å². The summed E-state index contributed by atoms with van der Waals surface area (Å²) in [5.74, 6) is -0.879. The molecule has 12 heteroatoms. The van der Waals surface area contributed by atoms with Crippen molar-refractivity contribution in [3.05, 3.63) is 69.2 Å². The summed E-state index contributed by atoms with van der Waals surface area (Å²) >= 11 is 11.8. The van der Waals surface area contributed by atoms with Crippen LogP contribution in [0.25, 0.3) is 5.70 Å². The van der Waals surface area contributed by atoms with E-state index in [2.05, 4.69) is 10.8 Å². The molecule has 0 saturated heterocycles. The van der Waals surface area contributed by atoms with E-state index in [0.29, 0.717) is 5.56 Å². The van der Waals surface area contributed by atoms with Gasteiger partial charge in [-0.3, -0.25) is 15.1 Å². The predicted molar refractivity (Wildman–Crippen MR) is 111 cm³/mol. The van der Waals surface area contributed by atoms with E-state index < -0.39 is 36.7 Å². The molecule has 3 rings (SSSR count). The molecule has 1 atom stereocenters. The lowest BCUT2D eigenvalue weighted by Gasteiger charge is -2.28. The number of alkyl halides is 6. The smallest absolute Gasteiger partial charge is 0.326 e. The van der Waals surface area contributed by atoms with E-state index in [0.717, 1.165) is 18.2 Å². The molecular weight excluding hydrogens is 497 g/mol. The van der Waals surface area contributed by atoms with E-state index in [1.807, 2.05) is 0 Å². The van der Waals surface area contributed by atoms with Crippen molar-refractivity contribution < 1.29 is 36.0 Å². The van der Waals surface area contributed by atoms with Crippen molar-refractivity contribution in [1.29, 1.82) is 0 Å². The van der Waals surface area contributed by atoms with Crippen LogP contribution in [0.4, 0.5) is 32.0 Å². The maximum absolute atomic E-state index is 14.1. The first-order chi connectivity index (χ1) is 15.2. The topological polar surface area (TPSA) is 50.4 Å². The fourth-order valence-electron chi connectivity index (χ4n) is 3.15. The zero-order valence-electron chi connectivity index (χ0n) is 16.8. The lowest BCUT2D eigenvalue weighted by molar-refractivity contribution is -0.269. The SMILES string of the molecule is Cc1ccc(C2=CC(c3cc(Cl)cc(Cl)c3)(C(F)(F)F)ON2)cc1NC(=O)CCC(F)(F)F. The first-order valence-electron chi connectivity index (χ1n) is 9.38. The molecule has 1 amide bonds. The molecule has 0 aromatic heterocycles. The molecule has 0 spiro atoms. The van der Waals surface area contributed by atoms with Gasteiger partial charge in [-0.25, -0.2) is 0 Å². The van der Waals surface area contributed by atoms with Gasteiger partial charge in [0.1, 0.15) is 0 Å². The molecule has 0 fully saturated rings. The van der Waals surface area contributed by atoms with Crippen molar-refractivity contribution in [2.45, 2.75) is 37.7 Å². The second-order valence-corrected chi connectivity index (χ2v) is 8.22. The van der Waals surface area contributed by atoms with Crippen LogP contribution in [0.15, 0.2) is 42.5 Å². The monoisotopic (exact) mass is 512 g/mol. The van der Waals surface area contributed by atoms with Gasteiger partial charge in [0, 0.05) is 33.3 Å². The average Bonchev–Trinajstić information content (AvgIpc) is 3.14. The Morgan fingerprint density at radius 3 is 2.27 bits per heavy atom. The Morgan fingerprint density at radius 1 is 1.06 bits per heavy atom. The van der Waals surface area contributed by atoms with Gasteiger partial charge in [-0.15, -0.1) is 0 Å². The number of benzene rings is 2. The minimum atomic E-state index is -4.91. The Kier molecular flexibility index (Phi) is 6.93. The average molecular weight is 513 g/mol. The third kappa shape index (κ3) is 5.74. The number of carbonyl (C=O) groups excluding carboxylic acids is 1. The molecule has 33 heavy (non-hydrogen) atoms. The Morgan fingerprint density at radius 2 is 1.70 bits per heavy atom. The largest absolute Gasteiger partial charge is 0.428 e. The van der Waals surface area contributed by atoms with Crippen LogP contribution in [0.5, 0.6) is 0 Å². The van der Waals surface area contributed by atoms with Gasteiger partial charge in [0.25, 0.3) is 0 Å². The van der Waals surface area contributed by atoms with Crippen molar-refractivity contribution >= 4 is 40.5 Å². The number of anilines is 1. The predicted octanol–water partition coefficient (Wildman–Crippen LogP) is 6.92. The van der Waals surface area contributed by atoms with Crippen LogP contribution in [-0.4, -0.2) is 18.3 Å². The lowest BCUT2D eigenvalue weighted by atomic mass is 9.91. The van der Waals surface area contributed by atoms with E-state index >= 15 is 0 Å². The molecule has 1 heterocycles. The Bertz CT molecular complexity index is 1080. The number of rotatable bonds is 5. The quantitative estimate of drug-likeness (QED) is 0.427. The maximum Gasteiger partial charge on any atom is 0.428 e. The number of halogens is 8. The van der Waals surface area contributed by atoms with Gasteiger partial charge in [0.2, 0.25) is 11.5 Å². The molecule has 1 unspecified atom stereocenters. The van der Waals surface area contributed by atoms with E-state index in [4.69, 9.17) is 28.0 Å². The first kappa shape index (κ1) is 25.2. The number of amides is 1. The first-order valence-corrected chi connectivity index (χ1v) is 10.1. The molecular formula is C21H16Cl2F6N2O2.